The molecule has 0 amide bonds. The molecule has 0 saturated heterocycles. The first-order chi connectivity index (χ1) is 8.79. The molecule has 0 saturated carbocycles. The van der Waals surface area contributed by atoms with Crippen LogP contribution in [-0.2, 0) is 0 Å². The van der Waals surface area contributed by atoms with Crippen LogP contribution in [0.5, 0.6) is 0 Å². The highest BCUT2D eigenvalue weighted by Crippen LogP contribution is 2.27. The zero-order chi connectivity index (χ0) is 15.0. The summed E-state index contributed by atoms with van der Waals surface area (Å²) < 4.78 is 0. The van der Waals surface area contributed by atoms with Gasteiger partial charge in [-0.3, -0.25) is 0 Å². The average Bonchev–Trinajstić information content (AvgIpc) is 2.32. The molecule has 19 heavy (non-hydrogen) atoms. The lowest BCUT2D eigenvalue weighted by molar-refractivity contribution is 0.236. The third kappa shape index (κ3) is 7.22. The van der Waals surface area contributed by atoms with E-state index >= 15 is 0 Å². The molecule has 0 rings (SSSR count). The Balaban J connectivity index is 4.85. The highest BCUT2D eigenvalue weighted by molar-refractivity contribution is 5.12. The SMILES string of the molecule is C=C(C)C(C)C(CN(C)C)C(C)/C=C\C(O)=C/CC. The van der Waals surface area contributed by atoms with E-state index in [9.17, 15) is 5.11 Å². The van der Waals surface area contributed by atoms with Gasteiger partial charge in [-0.05, 0) is 57.3 Å². The standard InChI is InChI=1S/C17H31NO/c1-8-9-16(19)11-10-14(4)17(12-18(6)7)15(5)13(2)3/h9-11,14-15,17,19H,2,8,12H2,1,3-7H3/b11-10-,16-9+. The number of aliphatic hydroxyl groups excluding tert-OH is 1. The predicted molar refractivity (Wildman–Crippen MR) is 85.3 cm³/mol. The molecule has 0 bridgehead atoms. The van der Waals surface area contributed by atoms with Gasteiger partial charge in [-0.2, -0.15) is 0 Å². The molecule has 1 N–H and O–H groups in total. The van der Waals surface area contributed by atoms with Crippen molar-refractivity contribution in [3.8, 4) is 0 Å². The maximum absolute atomic E-state index is 9.66. The second-order valence-electron chi connectivity index (χ2n) is 5.82. The van der Waals surface area contributed by atoms with Crippen molar-refractivity contribution in [3.05, 3.63) is 36.1 Å². The van der Waals surface area contributed by atoms with Gasteiger partial charge in [0.2, 0.25) is 0 Å². The number of rotatable bonds is 8. The van der Waals surface area contributed by atoms with Crippen LogP contribution in [0.2, 0.25) is 0 Å². The number of aliphatic hydroxyl groups is 1. The lowest BCUT2D eigenvalue weighted by Gasteiger charge is -2.31. The second kappa shape index (κ2) is 8.98. The van der Waals surface area contributed by atoms with Crippen molar-refractivity contribution in [3.63, 3.8) is 0 Å². The fraction of sp³-hybridized carbons (Fsp3) is 0.647. The third-order valence-corrected chi connectivity index (χ3v) is 3.65. The Kier molecular flexibility index (Phi) is 8.49. The smallest absolute Gasteiger partial charge is 0.111 e. The van der Waals surface area contributed by atoms with Crippen LogP contribution in [0.25, 0.3) is 0 Å². The van der Waals surface area contributed by atoms with Crippen molar-refractivity contribution in [1.29, 1.82) is 0 Å². The summed E-state index contributed by atoms with van der Waals surface area (Å²) in [5, 5.41) is 9.66. The Morgan fingerprint density at radius 2 is 1.89 bits per heavy atom. The van der Waals surface area contributed by atoms with E-state index in [1.165, 1.54) is 5.57 Å². The average molecular weight is 265 g/mol. The minimum atomic E-state index is 0.362. The summed E-state index contributed by atoms with van der Waals surface area (Å²) >= 11 is 0. The minimum absolute atomic E-state index is 0.362. The fourth-order valence-corrected chi connectivity index (χ4v) is 2.24. The number of hydrogen-bond donors (Lipinski definition) is 1. The summed E-state index contributed by atoms with van der Waals surface area (Å²) in [5.74, 6) is 1.75. The molecule has 0 aromatic rings. The molecule has 3 unspecified atom stereocenters. The van der Waals surface area contributed by atoms with Gasteiger partial charge < -0.3 is 10.0 Å². The van der Waals surface area contributed by atoms with Gasteiger partial charge in [0.05, 0.1) is 0 Å². The topological polar surface area (TPSA) is 23.5 Å². The van der Waals surface area contributed by atoms with Gasteiger partial charge in [0.1, 0.15) is 5.76 Å². The van der Waals surface area contributed by atoms with E-state index in [1.54, 1.807) is 0 Å². The Labute approximate surface area is 119 Å². The highest BCUT2D eigenvalue weighted by atomic mass is 16.3. The van der Waals surface area contributed by atoms with Gasteiger partial charge >= 0.3 is 0 Å². The van der Waals surface area contributed by atoms with Gasteiger partial charge in [-0.15, -0.1) is 0 Å². The van der Waals surface area contributed by atoms with Gasteiger partial charge in [0.25, 0.3) is 0 Å². The van der Waals surface area contributed by atoms with Crippen LogP contribution in [0, 0.1) is 17.8 Å². The van der Waals surface area contributed by atoms with Crippen molar-refractivity contribution in [2.75, 3.05) is 20.6 Å². The zero-order valence-corrected chi connectivity index (χ0v) is 13.5. The van der Waals surface area contributed by atoms with E-state index < -0.39 is 0 Å². The third-order valence-electron chi connectivity index (χ3n) is 3.65. The fourth-order valence-electron chi connectivity index (χ4n) is 2.24. The lowest BCUT2D eigenvalue weighted by atomic mass is 9.79. The van der Waals surface area contributed by atoms with Gasteiger partial charge in [0.15, 0.2) is 0 Å². The molecule has 0 radical (unpaired) electrons. The second-order valence-corrected chi connectivity index (χ2v) is 5.82. The van der Waals surface area contributed by atoms with Crippen molar-refractivity contribution >= 4 is 0 Å². The summed E-state index contributed by atoms with van der Waals surface area (Å²) in [6.45, 7) is 13.7. The lowest BCUT2D eigenvalue weighted by Crippen LogP contribution is -2.31. The van der Waals surface area contributed by atoms with Crippen molar-refractivity contribution in [1.82, 2.24) is 4.90 Å². The molecule has 0 aromatic heterocycles. The van der Waals surface area contributed by atoms with Gasteiger partial charge in [-0.25, -0.2) is 0 Å². The monoisotopic (exact) mass is 265 g/mol. The van der Waals surface area contributed by atoms with Crippen LogP contribution in [-0.4, -0.2) is 30.6 Å². The van der Waals surface area contributed by atoms with E-state index in [1.807, 2.05) is 19.1 Å². The maximum atomic E-state index is 9.66. The molecule has 0 aliphatic heterocycles. The predicted octanol–water partition coefficient (Wildman–Crippen LogP) is 4.42. The Hall–Kier alpha value is -1.02. The van der Waals surface area contributed by atoms with Crippen LogP contribution < -0.4 is 0 Å². The molecular formula is C17H31NO. The van der Waals surface area contributed by atoms with Gasteiger partial charge in [0, 0.05) is 6.54 Å². The largest absolute Gasteiger partial charge is 0.508 e. The van der Waals surface area contributed by atoms with Gasteiger partial charge in [-0.1, -0.05) is 39.0 Å². The Morgan fingerprint density at radius 1 is 1.32 bits per heavy atom. The Morgan fingerprint density at radius 3 is 2.32 bits per heavy atom. The highest BCUT2D eigenvalue weighted by Gasteiger charge is 2.23. The molecule has 0 aliphatic rings. The molecule has 0 spiro atoms. The summed E-state index contributed by atoms with van der Waals surface area (Å²) in [6.07, 6.45) is 6.61. The zero-order valence-electron chi connectivity index (χ0n) is 13.5. The molecule has 2 nitrogen and oxygen atoms in total. The first-order valence-corrected chi connectivity index (χ1v) is 7.17. The van der Waals surface area contributed by atoms with Crippen molar-refractivity contribution in [2.45, 2.75) is 34.1 Å². The van der Waals surface area contributed by atoms with E-state index in [-0.39, 0.29) is 0 Å². The van der Waals surface area contributed by atoms with Crippen LogP contribution in [0.3, 0.4) is 0 Å². The van der Waals surface area contributed by atoms with E-state index in [0.717, 1.165) is 13.0 Å². The quantitative estimate of drug-likeness (QED) is 0.399. The molecule has 2 heteroatoms. The number of hydrogen-bond acceptors (Lipinski definition) is 2. The van der Waals surface area contributed by atoms with Crippen LogP contribution in [0.1, 0.15) is 34.1 Å². The van der Waals surface area contributed by atoms with Crippen molar-refractivity contribution in [2.24, 2.45) is 17.8 Å². The summed E-state index contributed by atoms with van der Waals surface area (Å²) in [5.41, 5.74) is 1.22. The molecule has 0 heterocycles. The van der Waals surface area contributed by atoms with Crippen molar-refractivity contribution < 1.29 is 5.11 Å². The first kappa shape index (κ1) is 18.0. The summed E-state index contributed by atoms with van der Waals surface area (Å²) in [4.78, 5) is 2.22. The molecular weight excluding hydrogens is 234 g/mol. The van der Waals surface area contributed by atoms with E-state index in [0.29, 0.717) is 23.5 Å². The van der Waals surface area contributed by atoms with Crippen LogP contribution in [0.4, 0.5) is 0 Å². The maximum Gasteiger partial charge on any atom is 0.111 e. The minimum Gasteiger partial charge on any atom is -0.508 e. The number of allylic oxidation sites excluding steroid dienone is 4. The summed E-state index contributed by atoms with van der Waals surface area (Å²) in [7, 11) is 4.20. The molecule has 3 atom stereocenters. The molecule has 0 fully saturated rings. The normalized spacial score (nSPS) is 17.7. The van der Waals surface area contributed by atoms with Crippen LogP contribution >= 0.6 is 0 Å². The van der Waals surface area contributed by atoms with E-state index in [4.69, 9.17) is 0 Å². The van der Waals surface area contributed by atoms with Crippen LogP contribution in [0.15, 0.2) is 36.1 Å². The summed E-state index contributed by atoms with van der Waals surface area (Å²) in [6, 6.07) is 0. The molecule has 0 aliphatic carbocycles. The molecule has 0 aromatic carbocycles. The molecule has 110 valence electrons. The Bertz CT molecular complexity index is 328. The van der Waals surface area contributed by atoms with E-state index in [2.05, 4.69) is 52.4 Å². The number of nitrogens with zero attached hydrogens (tertiary/aromatic N) is 1. The first-order valence-electron chi connectivity index (χ1n) is 7.17.